The van der Waals surface area contributed by atoms with Gasteiger partial charge in [-0.25, -0.2) is 13.1 Å². The molecule has 2 fully saturated rings. The molecule has 0 aromatic carbocycles. The zero-order valence-electron chi connectivity index (χ0n) is 5.71. The quantitative estimate of drug-likeness (QED) is 0.547. The summed E-state index contributed by atoms with van der Waals surface area (Å²) in [5.74, 6) is 0.421. The molecule has 2 unspecified atom stereocenters. The highest BCUT2D eigenvalue weighted by Gasteiger charge is 2.42. The predicted molar refractivity (Wildman–Crippen MR) is 38.1 cm³/mol. The predicted octanol–water partition coefficient (Wildman–Crippen LogP) is 0.0881. The normalized spacial score (nSPS) is 43.6. The number of sulfonamides is 1. The number of hydrogen-bond donors (Lipinski definition) is 1. The van der Waals surface area contributed by atoms with E-state index in [-0.39, 0.29) is 5.25 Å². The van der Waals surface area contributed by atoms with Crippen LogP contribution in [0.15, 0.2) is 0 Å². The van der Waals surface area contributed by atoms with Crippen LogP contribution in [0.4, 0.5) is 0 Å². The van der Waals surface area contributed by atoms with E-state index in [9.17, 15) is 8.42 Å². The van der Waals surface area contributed by atoms with Crippen LogP contribution in [-0.4, -0.2) is 20.2 Å². The summed E-state index contributed by atoms with van der Waals surface area (Å²) in [6.07, 6.45) is 3.06. The summed E-state index contributed by atoms with van der Waals surface area (Å²) in [7, 11) is -2.87. The molecule has 0 aromatic rings. The number of nitrogens with one attached hydrogen (secondary N) is 1. The van der Waals surface area contributed by atoms with E-state index in [4.69, 9.17) is 0 Å². The van der Waals surface area contributed by atoms with Gasteiger partial charge in [0.05, 0.1) is 5.25 Å². The highest BCUT2D eigenvalue weighted by Crippen LogP contribution is 2.33. The molecule has 1 aliphatic heterocycles. The van der Waals surface area contributed by atoms with Gasteiger partial charge in [0.2, 0.25) is 10.0 Å². The molecule has 2 rings (SSSR count). The maximum Gasteiger partial charge on any atom is 0.214 e. The van der Waals surface area contributed by atoms with Gasteiger partial charge in [0, 0.05) is 6.54 Å². The van der Waals surface area contributed by atoms with E-state index in [1.54, 1.807) is 0 Å². The van der Waals surface area contributed by atoms with Crippen molar-refractivity contribution >= 4 is 10.0 Å². The molecule has 58 valence electrons. The Labute approximate surface area is 60.9 Å². The summed E-state index contributed by atoms with van der Waals surface area (Å²) >= 11 is 0. The Balaban J connectivity index is 2.32. The van der Waals surface area contributed by atoms with Crippen molar-refractivity contribution < 1.29 is 8.42 Å². The second-order valence-corrected chi connectivity index (χ2v) is 5.11. The monoisotopic (exact) mass is 161 g/mol. The molecule has 0 spiro atoms. The molecule has 3 nitrogen and oxygen atoms in total. The van der Waals surface area contributed by atoms with Crippen molar-refractivity contribution in [1.29, 1.82) is 0 Å². The molecular formula is C6H11NO2S. The van der Waals surface area contributed by atoms with Crippen LogP contribution in [-0.2, 0) is 10.0 Å². The summed E-state index contributed by atoms with van der Waals surface area (Å²) in [5, 5.41) is -0.0486. The maximum atomic E-state index is 11.1. The molecule has 0 aromatic heterocycles. The molecular weight excluding hydrogens is 150 g/mol. The molecule has 4 heteroatoms. The lowest BCUT2D eigenvalue weighted by Crippen LogP contribution is -2.22. The smallest absolute Gasteiger partial charge is 0.214 e. The first-order valence-electron chi connectivity index (χ1n) is 3.68. The van der Waals surface area contributed by atoms with Gasteiger partial charge in [-0.1, -0.05) is 6.42 Å². The lowest BCUT2D eigenvalue weighted by molar-refractivity contribution is 0.571. The minimum absolute atomic E-state index is 0.0486. The number of hydrogen-bond acceptors (Lipinski definition) is 2. The summed E-state index contributed by atoms with van der Waals surface area (Å²) in [4.78, 5) is 0. The van der Waals surface area contributed by atoms with E-state index in [0.29, 0.717) is 12.5 Å². The van der Waals surface area contributed by atoms with E-state index in [0.717, 1.165) is 19.3 Å². The molecule has 1 aliphatic carbocycles. The lowest BCUT2D eigenvalue weighted by Gasteiger charge is -2.02. The van der Waals surface area contributed by atoms with Crippen molar-refractivity contribution in [3.63, 3.8) is 0 Å². The van der Waals surface area contributed by atoms with Gasteiger partial charge >= 0.3 is 0 Å². The highest BCUT2D eigenvalue weighted by molar-refractivity contribution is 7.90. The van der Waals surface area contributed by atoms with Crippen molar-refractivity contribution in [2.75, 3.05) is 6.54 Å². The molecule has 1 saturated carbocycles. The standard InChI is InChI=1S/C6H11NO2S/c8-10(9)6-3-1-2-5(6)4-7-10/h5-7H,1-4H2. The Hall–Kier alpha value is -0.0900. The van der Waals surface area contributed by atoms with Crippen LogP contribution in [0.25, 0.3) is 0 Å². The van der Waals surface area contributed by atoms with Gasteiger partial charge in [-0.15, -0.1) is 0 Å². The van der Waals surface area contributed by atoms with Gasteiger partial charge in [-0.3, -0.25) is 0 Å². The minimum atomic E-state index is -2.87. The molecule has 0 radical (unpaired) electrons. The third kappa shape index (κ3) is 0.787. The average Bonchev–Trinajstić information content (AvgIpc) is 2.36. The van der Waals surface area contributed by atoms with Gasteiger partial charge < -0.3 is 0 Å². The highest BCUT2D eigenvalue weighted by atomic mass is 32.2. The van der Waals surface area contributed by atoms with Crippen molar-refractivity contribution in [2.24, 2.45) is 5.92 Å². The number of fused-ring (bicyclic) bond motifs is 1. The van der Waals surface area contributed by atoms with E-state index < -0.39 is 10.0 Å². The zero-order chi connectivity index (χ0) is 7.19. The largest absolute Gasteiger partial charge is 0.215 e. The topological polar surface area (TPSA) is 46.2 Å². The average molecular weight is 161 g/mol. The zero-order valence-corrected chi connectivity index (χ0v) is 6.52. The van der Waals surface area contributed by atoms with Gasteiger partial charge in [0.25, 0.3) is 0 Å². The van der Waals surface area contributed by atoms with Gasteiger partial charge in [0.15, 0.2) is 0 Å². The Morgan fingerprint density at radius 3 is 2.80 bits per heavy atom. The third-order valence-corrected chi connectivity index (χ3v) is 4.52. The Kier molecular flexibility index (Phi) is 1.29. The Morgan fingerprint density at radius 1 is 1.30 bits per heavy atom. The molecule has 0 amide bonds. The van der Waals surface area contributed by atoms with E-state index >= 15 is 0 Å². The van der Waals surface area contributed by atoms with Crippen LogP contribution in [0.1, 0.15) is 19.3 Å². The first-order valence-corrected chi connectivity index (χ1v) is 5.23. The summed E-state index contributed by atoms with van der Waals surface area (Å²) in [6.45, 7) is 0.688. The molecule has 1 saturated heterocycles. The Bertz CT molecular complexity index is 234. The molecule has 2 atom stereocenters. The van der Waals surface area contributed by atoms with Gasteiger partial charge in [0.1, 0.15) is 0 Å². The fraction of sp³-hybridized carbons (Fsp3) is 1.00. The minimum Gasteiger partial charge on any atom is -0.215 e. The molecule has 0 bridgehead atoms. The van der Waals surface area contributed by atoms with Crippen molar-refractivity contribution in [2.45, 2.75) is 24.5 Å². The van der Waals surface area contributed by atoms with E-state index in [1.165, 1.54) is 0 Å². The first kappa shape index (κ1) is 6.61. The van der Waals surface area contributed by atoms with Crippen LogP contribution in [0, 0.1) is 5.92 Å². The van der Waals surface area contributed by atoms with Crippen molar-refractivity contribution in [3.05, 3.63) is 0 Å². The van der Waals surface area contributed by atoms with Crippen LogP contribution in [0.3, 0.4) is 0 Å². The van der Waals surface area contributed by atoms with E-state index in [1.807, 2.05) is 0 Å². The summed E-state index contributed by atoms with van der Waals surface area (Å²) in [6, 6.07) is 0. The van der Waals surface area contributed by atoms with Crippen LogP contribution < -0.4 is 4.72 Å². The van der Waals surface area contributed by atoms with Crippen molar-refractivity contribution in [1.82, 2.24) is 4.72 Å². The molecule has 2 aliphatic rings. The second-order valence-electron chi connectivity index (χ2n) is 3.12. The van der Waals surface area contributed by atoms with Crippen LogP contribution in [0.5, 0.6) is 0 Å². The summed E-state index contributed by atoms with van der Waals surface area (Å²) < 4.78 is 24.8. The van der Waals surface area contributed by atoms with Gasteiger partial charge in [-0.2, -0.15) is 0 Å². The molecule has 1 heterocycles. The van der Waals surface area contributed by atoms with E-state index in [2.05, 4.69) is 4.72 Å². The molecule has 1 N–H and O–H groups in total. The number of rotatable bonds is 0. The van der Waals surface area contributed by atoms with Crippen LogP contribution >= 0.6 is 0 Å². The summed E-state index contributed by atoms with van der Waals surface area (Å²) in [5.41, 5.74) is 0. The second kappa shape index (κ2) is 1.95. The Morgan fingerprint density at radius 2 is 2.10 bits per heavy atom. The van der Waals surface area contributed by atoms with Gasteiger partial charge in [-0.05, 0) is 18.8 Å². The first-order chi connectivity index (χ1) is 4.70. The fourth-order valence-corrected chi connectivity index (χ4v) is 3.85. The third-order valence-electron chi connectivity index (χ3n) is 2.53. The SMILES string of the molecule is O=S1(=O)NCC2CCCC21. The lowest BCUT2D eigenvalue weighted by atomic mass is 10.1. The fourth-order valence-electron chi connectivity index (χ4n) is 1.98. The van der Waals surface area contributed by atoms with Crippen molar-refractivity contribution in [3.8, 4) is 0 Å². The maximum absolute atomic E-state index is 11.1. The van der Waals surface area contributed by atoms with Crippen LogP contribution in [0.2, 0.25) is 0 Å². The molecule has 10 heavy (non-hydrogen) atoms.